The molecule has 112 valence electrons. The molecular formula is C17H21NO2S. The minimum Gasteiger partial charge on any atom is -0.384 e. The second-order valence-electron chi connectivity index (χ2n) is 5.32. The first-order valence-electron chi connectivity index (χ1n) is 7.00. The van der Waals surface area contributed by atoms with E-state index in [-0.39, 0.29) is 5.75 Å². The fraction of sp³-hybridized carbons (Fsp3) is 0.294. The minimum atomic E-state index is -3.01. The summed E-state index contributed by atoms with van der Waals surface area (Å²) in [5, 5.41) is 3.39. The lowest BCUT2D eigenvalue weighted by Crippen LogP contribution is -2.08. The van der Waals surface area contributed by atoms with Crippen LogP contribution in [0.15, 0.2) is 48.5 Å². The lowest BCUT2D eigenvalue weighted by Gasteiger charge is -2.13. The van der Waals surface area contributed by atoms with E-state index < -0.39 is 9.84 Å². The second kappa shape index (κ2) is 6.76. The number of hydrogen-bond acceptors (Lipinski definition) is 3. The molecule has 2 rings (SSSR count). The number of hydrogen-bond donors (Lipinski definition) is 1. The molecule has 0 atom stereocenters. The van der Waals surface area contributed by atoms with Crippen molar-refractivity contribution in [1.29, 1.82) is 0 Å². The molecular weight excluding hydrogens is 282 g/mol. The smallest absolute Gasteiger partial charge is 0.151 e. The van der Waals surface area contributed by atoms with Crippen LogP contribution in [0.2, 0.25) is 0 Å². The van der Waals surface area contributed by atoms with E-state index in [1.165, 1.54) is 11.8 Å². The number of nitrogens with one attached hydrogen (secondary N) is 1. The van der Waals surface area contributed by atoms with Crippen LogP contribution >= 0.6 is 0 Å². The van der Waals surface area contributed by atoms with Crippen molar-refractivity contribution in [3.8, 4) is 0 Å². The zero-order chi connectivity index (χ0) is 15.3. The summed E-state index contributed by atoms with van der Waals surface area (Å²) in [6.45, 7) is 2.79. The predicted octanol–water partition coefficient (Wildman–Crippen LogP) is 3.19. The zero-order valence-corrected chi connectivity index (χ0v) is 13.3. The van der Waals surface area contributed by atoms with Crippen LogP contribution in [0.3, 0.4) is 0 Å². The van der Waals surface area contributed by atoms with Crippen molar-refractivity contribution in [2.75, 3.05) is 18.1 Å². The Hall–Kier alpha value is -1.81. The monoisotopic (exact) mass is 303 g/mol. The molecule has 0 unspecified atom stereocenters. The van der Waals surface area contributed by atoms with Crippen molar-refractivity contribution < 1.29 is 8.42 Å². The molecule has 3 nitrogen and oxygen atoms in total. The first kappa shape index (κ1) is 15.6. The molecule has 0 bridgehead atoms. The average Bonchev–Trinajstić information content (AvgIpc) is 2.43. The second-order valence-corrected chi connectivity index (χ2v) is 7.46. The van der Waals surface area contributed by atoms with E-state index in [0.717, 1.165) is 29.8 Å². The van der Waals surface area contributed by atoms with Crippen LogP contribution in [0.5, 0.6) is 0 Å². The van der Waals surface area contributed by atoms with Gasteiger partial charge in [-0.2, -0.15) is 0 Å². The van der Waals surface area contributed by atoms with Crippen LogP contribution in [0.4, 0.5) is 5.69 Å². The van der Waals surface area contributed by atoms with Gasteiger partial charge in [0.25, 0.3) is 0 Å². The average molecular weight is 303 g/mol. The highest BCUT2D eigenvalue weighted by Gasteiger charge is 2.09. The molecule has 0 fully saturated rings. The summed E-state index contributed by atoms with van der Waals surface area (Å²) < 4.78 is 22.9. The Kier molecular flexibility index (Phi) is 5.02. The molecule has 0 saturated heterocycles. The maximum absolute atomic E-state index is 11.4. The summed E-state index contributed by atoms with van der Waals surface area (Å²) >= 11 is 0. The maximum atomic E-state index is 11.4. The Bertz CT molecular complexity index is 694. The molecule has 4 heteroatoms. The van der Waals surface area contributed by atoms with Gasteiger partial charge in [-0.3, -0.25) is 0 Å². The maximum Gasteiger partial charge on any atom is 0.151 e. The van der Waals surface area contributed by atoms with E-state index in [4.69, 9.17) is 0 Å². The molecule has 2 aromatic carbocycles. The third-order valence-corrected chi connectivity index (χ3v) is 4.27. The molecule has 0 aliphatic rings. The summed E-state index contributed by atoms with van der Waals surface area (Å²) in [5.41, 5.74) is 4.17. The molecule has 1 N–H and O–H groups in total. The van der Waals surface area contributed by atoms with Gasteiger partial charge in [0.2, 0.25) is 0 Å². The van der Waals surface area contributed by atoms with Gasteiger partial charge < -0.3 is 5.32 Å². The summed E-state index contributed by atoms with van der Waals surface area (Å²) in [5.74, 6) is 0.0903. The third kappa shape index (κ3) is 4.90. The van der Waals surface area contributed by atoms with Gasteiger partial charge in [0.05, 0.1) is 5.75 Å². The lowest BCUT2D eigenvalue weighted by atomic mass is 10.1. The van der Waals surface area contributed by atoms with Crippen molar-refractivity contribution in [3.05, 3.63) is 65.2 Å². The van der Waals surface area contributed by atoms with Crippen LogP contribution in [0.1, 0.15) is 16.7 Å². The van der Waals surface area contributed by atoms with E-state index in [1.807, 2.05) is 43.3 Å². The van der Waals surface area contributed by atoms with E-state index in [1.54, 1.807) is 0 Å². The fourth-order valence-electron chi connectivity index (χ4n) is 2.30. The van der Waals surface area contributed by atoms with Gasteiger partial charge in [-0.25, -0.2) is 8.42 Å². The normalized spacial score (nSPS) is 11.3. The molecule has 0 aliphatic carbocycles. The van der Waals surface area contributed by atoms with E-state index >= 15 is 0 Å². The van der Waals surface area contributed by atoms with Gasteiger partial charge in [-0.05, 0) is 36.1 Å². The van der Waals surface area contributed by atoms with E-state index in [2.05, 4.69) is 17.4 Å². The van der Waals surface area contributed by atoms with Crippen molar-refractivity contribution >= 4 is 15.5 Å². The number of anilines is 1. The topological polar surface area (TPSA) is 46.2 Å². The summed E-state index contributed by atoms with van der Waals surface area (Å²) in [4.78, 5) is 0. The van der Waals surface area contributed by atoms with Crippen LogP contribution in [-0.2, 0) is 22.0 Å². The van der Waals surface area contributed by atoms with Crippen molar-refractivity contribution in [3.63, 3.8) is 0 Å². The molecule has 0 aliphatic heterocycles. The third-order valence-electron chi connectivity index (χ3n) is 3.44. The van der Waals surface area contributed by atoms with Gasteiger partial charge in [-0.1, -0.05) is 42.5 Å². The van der Waals surface area contributed by atoms with Crippen molar-refractivity contribution in [1.82, 2.24) is 0 Å². The van der Waals surface area contributed by atoms with Crippen molar-refractivity contribution in [2.45, 2.75) is 19.1 Å². The van der Waals surface area contributed by atoms with Gasteiger partial charge in [-0.15, -0.1) is 0 Å². The largest absolute Gasteiger partial charge is 0.384 e. The molecule has 21 heavy (non-hydrogen) atoms. The molecule has 0 amide bonds. The quantitative estimate of drug-likeness (QED) is 0.891. The zero-order valence-electron chi connectivity index (χ0n) is 12.5. The summed E-state index contributed by atoms with van der Waals surface area (Å²) in [6.07, 6.45) is 2.21. The van der Waals surface area contributed by atoms with Gasteiger partial charge in [0.1, 0.15) is 0 Å². The number of benzene rings is 2. The van der Waals surface area contributed by atoms with Gasteiger partial charge in [0, 0.05) is 18.5 Å². The van der Waals surface area contributed by atoms with Gasteiger partial charge >= 0.3 is 0 Å². The first-order chi connectivity index (χ1) is 9.96. The highest BCUT2D eigenvalue weighted by molar-refractivity contribution is 7.89. The van der Waals surface area contributed by atoms with Crippen molar-refractivity contribution in [2.24, 2.45) is 0 Å². The van der Waals surface area contributed by atoms with E-state index in [9.17, 15) is 8.42 Å². The molecule has 0 spiro atoms. The summed E-state index contributed by atoms with van der Waals surface area (Å²) in [7, 11) is -3.01. The fourth-order valence-corrected chi connectivity index (χ4v) is 3.18. The molecule has 2 aromatic rings. The van der Waals surface area contributed by atoms with Crippen LogP contribution in [0, 0.1) is 6.92 Å². The Morgan fingerprint density at radius 2 is 1.71 bits per heavy atom. The Morgan fingerprint density at radius 3 is 2.38 bits per heavy atom. The first-order valence-corrected chi connectivity index (χ1v) is 9.06. The highest BCUT2D eigenvalue weighted by Crippen LogP contribution is 2.20. The SMILES string of the molecule is Cc1c(CS(C)(=O)=O)cccc1NCCc1ccccc1. The van der Waals surface area contributed by atoms with Crippen LogP contribution < -0.4 is 5.32 Å². The van der Waals surface area contributed by atoms with Crippen LogP contribution in [-0.4, -0.2) is 21.2 Å². The Morgan fingerprint density at radius 1 is 1.00 bits per heavy atom. The standard InChI is InChI=1S/C17H21NO2S/c1-14-16(13-21(2,19)20)9-6-10-17(14)18-12-11-15-7-4-3-5-8-15/h3-10,18H,11-13H2,1-2H3. The molecule has 0 aromatic heterocycles. The van der Waals surface area contributed by atoms with E-state index in [0.29, 0.717) is 0 Å². The Labute approximate surface area is 126 Å². The number of rotatable bonds is 6. The van der Waals surface area contributed by atoms with Crippen LogP contribution in [0.25, 0.3) is 0 Å². The van der Waals surface area contributed by atoms with Gasteiger partial charge in [0.15, 0.2) is 9.84 Å². The predicted molar refractivity (Wildman–Crippen MR) is 88.4 cm³/mol. The Balaban J connectivity index is 2.02. The molecule has 0 saturated carbocycles. The number of sulfone groups is 1. The lowest BCUT2D eigenvalue weighted by molar-refractivity contribution is 0.601. The molecule has 0 heterocycles. The molecule has 0 radical (unpaired) electrons. The minimum absolute atomic E-state index is 0.0903. The highest BCUT2D eigenvalue weighted by atomic mass is 32.2. The summed E-state index contributed by atoms with van der Waals surface area (Å²) in [6, 6.07) is 16.1.